The van der Waals surface area contributed by atoms with Crippen molar-refractivity contribution >= 4 is 41.5 Å². The molecular formula is C22H29N5O10. The first-order valence-electron chi connectivity index (χ1n) is 11.0. The van der Waals surface area contributed by atoms with Gasteiger partial charge >= 0.3 is 17.9 Å². The number of hydrogen-bond donors (Lipinski definition) is 8. The van der Waals surface area contributed by atoms with Gasteiger partial charge < -0.3 is 42.7 Å². The van der Waals surface area contributed by atoms with E-state index in [1.54, 1.807) is 30.3 Å². The van der Waals surface area contributed by atoms with Crippen LogP contribution in [0.1, 0.15) is 31.2 Å². The van der Waals surface area contributed by atoms with E-state index in [1.807, 2.05) is 5.32 Å². The van der Waals surface area contributed by atoms with E-state index in [9.17, 15) is 38.7 Å². The molecule has 4 atom stereocenters. The van der Waals surface area contributed by atoms with Crippen LogP contribution in [-0.2, 0) is 40.0 Å². The zero-order valence-corrected chi connectivity index (χ0v) is 19.6. The first kappa shape index (κ1) is 30.5. The van der Waals surface area contributed by atoms with Gasteiger partial charge in [0.05, 0.1) is 18.9 Å². The van der Waals surface area contributed by atoms with E-state index in [4.69, 9.17) is 21.7 Å². The molecule has 37 heavy (non-hydrogen) atoms. The van der Waals surface area contributed by atoms with Gasteiger partial charge in [-0.1, -0.05) is 30.3 Å². The minimum atomic E-state index is -1.83. The summed E-state index contributed by atoms with van der Waals surface area (Å²) in [6.45, 7) is 0. The molecule has 0 bridgehead atoms. The molecule has 4 amide bonds. The third-order valence-electron chi connectivity index (χ3n) is 4.95. The number of nitrogens with two attached hydrogens (primary N) is 2. The van der Waals surface area contributed by atoms with Crippen LogP contribution in [0.25, 0.3) is 0 Å². The minimum Gasteiger partial charge on any atom is -0.481 e. The normalized spacial score (nSPS) is 13.8. The maximum atomic E-state index is 12.8. The van der Waals surface area contributed by atoms with E-state index in [2.05, 4.69) is 10.6 Å². The minimum absolute atomic E-state index is 0.0918. The fourth-order valence-electron chi connectivity index (χ4n) is 3.10. The quantitative estimate of drug-likeness (QED) is 0.110. The Morgan fingerprint density at radius 2 is 1.24 bits per heavy atom. The predicted molar refractivity (Wildman–Crippen MR) is 124 cm³/mol. The fourth-order valence-corrected chi connectivity index (χ4v) is 3.10. The summed E-state index contributed by atoms with van der Waals surface area (Å²) in [4.78, 5) is 82.6. The molecular weight excluding hydrogens is 494 g/mol. The molecule has 0 saturated heterocycles. The second-order valence-corrected chi connectivity index (χ2v) is 8.02. The van der Waals surface area contributed by atoms with Crippen molar-refractivity contribution in [3.05, 3.63) is 35.9 Å². The van der Waals surface area contributed by atoms with E-state index in [1.165, 1.54) is 0 Å². The molecule has 0 aliphatic carbocycles. The van der Waals surface area contributed by atoms with Crippen LogP contribution in [0.3, 0.4) is 0 Å². The lowest BCUT2D eigenvalue weighted by atomic mass is 10.0. The second-order valence-electron chi connectivity index (χ2n) is 8.02. The lowest BCUT2D eigenvalue weighted by molar-refractivity contribution is -0.144. The van der Waals surface area contributed by atoms with Crippen molar-refractivity contribution in [1.82, 2.24) is 16.0 Å². The number of carboxylic acids is 3. The van der Waals surface area contributed by atoms with Crippen molar-refractivity contribution in [2.75, 3.05) is 0 Å². The smallest absolute Gasteiger partial charge is 0.326 e. The van der Waals surface area contributed by atoms with Crippen molar-refractivity contribution in [3.63, 3.8) is 0 Å². The Morgan fingerprint density at radius 3 is 1.73 bits per heavy atom. The molecule has 0 aliphatic rings. The number of aliphatic carboxylic acids is 3. The van der Waals surface area contributed by atoms with E-state index in [-0.39, 0.29) is 6.42 Å². The number of nitrogens with one attached hydrogen (secondary N) is 3. The molecule has 1 rings (SSSR count). The molecule has 0 saturated carbocycles. The van der Waals surface area contributed by atoms with Gasteiger partial charge in [0.25, 0.3) is 0 Å². The lowest BCUT2D eigenvalue weighted by Gasteiger charge is -2.24. The number of hydrogen-bond acceptors (Lipinski definition) is 8. The predicted octanol–water partition coefficient (Wildman–Crippen LogP) is -2.69. The Morgan fingerprint density at radius 1 is 0.730 bits per heavy atom. The van der Waals surface area contributed by atoms with E-state index >= 15 is 0 Å². The highest BCUT2D eigenvalue weighted by atomic mass is 16.4. The summed E-state index contributed by atoms with van der Waals surface area (Å²) in [6, 6.07) is 2.38. The van der Waals surface area contributed by atoms with Crippen LogP contribution in [0.4, 0.5) is 0 Å². The van der Waals surface area contributed by atoms with E-state index < -0.39 is 91.4 Å². The van der Waals surface area contributed by atoms with Crippen molar-refractivity contribution in [2.24, 2.45) is 11.5 Å². The topological polar surface area (TPSA) is 268 Å². The molecule has 0 radical (unpaired) electrons. The molecule has 0 aliphatic heterocycles. The highest BCUT2D eigenvalue weighted by Gasteiger charge is 2.32. The summed E-state index contributed by atoms with van der Waals surface area (Å²) >= 11 is 0. The monoisotopic (exact) mass is 523 g/mol. The first-order valence-corrected chi connectivity index (χ1v) is 11.0. The Labute approximate surface area is 210 Å². The molecule has 15 nitrogen and oxygen atoms in total. The van der Waals surface area contributed by atoms with Crippen LogP contribution in [0.5, 0.6) is 0 Å². The van der Waals surface area contributed by atoms with Gasteiger partial charge in [0.2, 0.25) is 23.6 Å². The summed E-state index contributed by atoms with van der Waals surface area (Å²) in [7, 11) is 0. The van der Waals surface area contributed by atoms with Crippen LogP contribution in [0, 0.1) is 0 Å². The number of carbonyl (C=O) groups excluding carboxylic acids is 4. The van der Waals surface area contributed by atoms with Gasteiger partial charge in [-0.15, -0.1) is 0 Å². The number of benzene rings is 1. The van der Waals surface area contributed by atoms with Crippen molar-refractivity contribution < 1.29 is 48.9 Å². The van der Waals surface area contributed by atoms with Crippen molar-refractivity contribution in [1.29, 1.82) is 0 Å². The van der Waals surface area contributed by atoms with Crippen LogP contribution >= 0.6 is 0 Å². The lowest BCUT2D eigenvalue weighted by Crippen LogP contribution is -2.58. The molecule has 0 fully saturated rings. The van der Waals surface area contributed by atoms with Gasteiger partial charge in [0.1, 0.15) is 18.1 Å². The van der Waals surface area contributed by atoms with Gasteiger partial charge in [-0.3, -0.25) is 28.8 Å². The highest BCUT2D eigenvalue weighted by molar-refractivity contribution is 5.97. The molecule has 1 aromatic carbocycles. The average molecular weight is 523 g/mol. The summed E-state index contributed by atoms with van der Waals surface area (Å²) in [6.07, 6.45) is -2.73. The molecule has 0 heterocycles. The number of carbonyl (C=O) groups is 7. The van der Waals surface area contributed by atoms with E-state index in [0.717, 1.165) is 5.56 Å². The summed E-state index contributed by atoms with van der Waals surface area (Å²) in [5, 5.41) is 33.3. The van der Waals surface area contributed by atoms with Crippen molar-refractivity contribution in [3.8, 4) is 0 Å². The Balaban J connectivity index is 2.97. The van der Waals surface area contributed by atoms with Crippen LogP contribution in [0.2, 0.25) is 0 Å². The largest absolute Gasteiger partial charge is 0.481 e. The number of primary amides is 1. The Bertz CT molecular complexity index is 1020. The molecule has 10 N–H and O–H groups in total. The molecule has 202 valence electrons. The Hall–Kier alpha value is -4.53. The highest BCUT2D eigenvalue weighted by Crippen LogP contribution is 2.05. The first-order chi connectivity index (χ1) is 17.3. The molecule has 4 unspecified atom stereocenters. The standard InChI is InChI=1S/C22H29N5O10/c23-12(8-11-4-2-1-3-5-11)19(33)26-14(9-16(24)28)20(34)27-15(10-18(31)32)21(35)25-13(22(36)37)6-7-17(29)30/h1-5,12-15H,6-10,23H2,(H2,24,28)(H,25,35)(H,26,33)(H,27,34)(H,29,30)(H,31,32)(H,36,37). The maximum Gasteiger partial charge on any atom is 0.326 e. The molecule has 15 heteroatoms. The SMILES string of the molecule is NC(=O)CC(NC(=O)C(N)Cc1ccccc1)C(=O)NC(CC(=O)O)C(=O)NC(CCC(=O)O)C(=O)O. The van der Waals surface area contributed by atoms with E-state index in [0.29, 0.717) is 0 Å². The summed E-state index contributed by atoms with van der Waals surface area (Å²) < 4.78 is 0. The summed E-state index contributed by atoms with van der Waals surface area (Å²) in [5.41, 5.74) is 11.7. The number of amides is 4. The second kappa shape index (κ2) is 14.8. The van der Waals surface area contributed by atoms with Crippen LogP contribution in [-0.4, -0.2) is 81.0 Å². The fraction of sp³-hybridized carbons (Fsp3) is 0.409. The zero-order chi connectivity index (χ0) is 28.1. The zero-order valence-electron chi connectivity index (χ0n) is 19.6. The number of carboxylic acid groups (broad SMARTS) is 3. The summed E-state index contributed by atoms with van der Waals surface area (Å²) in [5.74, 6) is -8.68. The van der Waals surface area contributed by atoms with Gasteiger partial charge in [0.15, 0.2) is 0 Å². The van der Waals surface area contributed by atoms with Gasteiger partial charge in [-0.05, 0) is 18.4 Å². The average Bonchev–Trinajstić information content (AvgIpc) is 2.80. The third kappa shape index (κ3) is 11.6. The van der Waals surface area contributed by atoms with Gasteiger partial charge in [-0.2, -0.15) is 0 Å². The molecule has 1 aromatic rings. The Kier molecular flexibility index (Phi) is 12.2. The maximum absolute atomic E-state index is 12.8. The molecule has 0 aromatic heterocycles. The van der Waals surface area contributed by atoms with Crippen molar-refractivity contribution in [2.45, 2.75) is 56.3 Å². The van der Waals surface area contributed by atoms with Crippen LogP contribution in [0.15, 0.2) is 30.3 Å². The third-order valence-corrected chi connectivity index (χ3v) is 4.95. The van der Waals surface area contributed by atoms with Gasteiger partial charge in [-0.25, -0.2) is 4.79 Å². The van der Waals surface area contributed by atoms with Gasteiger partial charge in [0, 0.05) is 6.42 Å². The van der Waals surface area contributed by atoms with Crippen LogP contribution < -0.4 is 27.4 Å². The number of rotatable bonds is 16. The molecule has 0 spiro atoms.